The second-order valence-electron chi connectivity index (χ2n) is 5.85. The molecule has 0 fully saturated rings. The molecule has 0 bridgehead atoms. The van der Waals surface area contributed by atoms with E-state index < -0.39 is 0 Å². The number of carbonyl (C=O) groups is 2. The Kier molecular flexibility index (Phi) is 4.53. The van der Waals surface area contributed by atoms with E-state index in [2.05, 4.69) is 0 Å². The molecule has 5 heteroatoms. The molecule has 124 valence electrons. The van der Waals surface area contributed by atoms with Crippen molar-refractivity contribution in [2.75, 3.05) is 11.4 Å². The summed E-state index contributed by atoms with van der Waals surface area (Å²) >= 11 is 1.48. The SMILES string of the molecule is CCN(C1=C(c2cccs2)C(=O)N(C(C)C)C1=O)c1ccccc1. The summed E-state index contributed by atoms with van der Waals surface area (Å²) in [4.78, 5) is 30.1. The summed E-state index contributed by atoms with van der Waals surface area (Å²) in [7, 11) is 0. The van der Waals surface area contributed by atoms with E-state index in [4.69, 9.17) is 0 Å². The molecular weight excluding hydrogens is 320 g/mol. The van der Waals surface area contributed by atoms with E-state index in [0.29, 0.717) is 17.8 Å². The minimum absolute atomic E-state index is 0.174. The zero-order chi connectivity index (χ0) is 17.3. The van der Waals surface area contributed by atoms with Gasteiger partial charge in [-0.2, -0.15) is 0 Å². The topological polar surface area (TPSA) is 40.6 Å². The molecule has 24 heavy (non-hydrogen) atoms. The van der Waals surface area contributed by atoms with Gasteiger partial charge in [0.25, 0.3) is 11.8 Å². The lowest BCUT2D eigenvalue weighted by Crippen LogP contribution is -2.39. The summed E-state index contributed by atoms with van der Waals surface area (Å²) in [5, 5.41) is 1.93. The van der Waals surface area contributed by atoms with Gasteiger partial charge in [-0.25, -0.2) is 0 Å². The molecule has 1 aromatic heterocycles. The molecule has 0 unspecified atom stereocenters. The Labute approximate surface area is 146 Å². The largest absolute Gasteiger partial charge is 0.337 e. The van der Waals surface area contributed by atoms with Crippen molar-refractivity contribution >= 4 is 34.4 Å². The lowest BCUT2D eigenvalue weighted by Gasteiger charge is -2.25. The zero-order valence-electron chi connectivity index (χ0n) is 14.0. The van der Waals surface area contributed by atoms with Gasteiger partial charge in [0, 0.05) is 23.2 Å². The van der Waals surface area contributed by atoms with Crippen LogP contribution in [-0.4, -0.2) is 29.3 Å². The number of hydrogen-bond donors (Lipinski definition) is 0. The number of likely N-dealkylation sites (N-methyl/N-ethyl adjacent to an activating group) is 1. The highest BCUT2D eigenvalue weighted by Crippen LogP contribution is 2.36. The molecule has 2 amide bonds. The highest BCUT2D eigenvalue weighted by Gasteiger charge is 2.43. The van der Waals surface area contributed by atoms with Gasteiger partial charge in [0.05, 0.1) is 5.57 Å². The number of imide groups is 1. The van der Waals surface area contributed by atoms with Crippen LogP contribution in [0.5, 0.6) is 0 Å². The van der Waals surface area contributed by atoms with E-state index in [1.807, 2.05) is 73.5 Å². The van der Waals surface area contributed by atoms with Crippen LogP contribution >= 0.6 is 11.3 Å². The van der Waals surface area contributed by atoms with Gasteiger partial charge in [-0.15, -0.1) is 11.3 Å². The maximum atomic E-state index is 13.0. The maximum Gasteiger partial charge on any atom is 0.278 e. The average molecular weight is 340 g/mol. The third kappa shape index (κ3) is 2.65. The zero-order valence-corrected chi connectivity index (χ0v) is 14.8. The number of anilines is 1. The second kappa shape index (κ2) is 6.61. The highest BCUT2D eigenvalue weighted by molar-refractivity contribution is 7.11. The lowest BCUT2D eigenvalue weighted by atomic mass is 10.1. The van der Waals surface area contributed by atoms with E-state index in [1.165, 1.54) is 16.2 Å². The van der Waals surface area contributed by atoms with Crippen LogP contribution in [0.15, 0.2) is 53.5 Å². The Morgan fingerprint density at radius 2 is 1.75 bits per heavy atom. The molecular formula is C19H20N2O2S. The van der Waals surface area contributed by atoms with E-state index in [1.54, 1.807) is 0 Å². The lowest BCUT2D eigenvalue weighted by molar-refractivity contribution is -0.138. The van der Waals surface area contributed by atoms with Crippen molar-refractivity contribution < 1.29 is 9.59 Å². The first-order chi connectivity index (χ1) is 11.6. The molecule has 0 spiro atoms. The second-order valence-corrected chi connectivity index (χ2v) is 6.80. The first kappa shape index (κ1) is 16.5. The van der Waals surface area contributed by atoms with Gasteiger partial charge in [-0.1, -0.05) is 24.3 Å². The number of hydrogen-bond acceptors (Lipinski definition) is 4. The Balaban J connectivity index is 2.19. The molecule has 1 aromatic carbocycles. The summed E-state index contributed by atoms with van der Waals surface area (Å²) < 4.78 is 0. The number of amides is 2. The Hall–Kier alpha value is -2.40. The van der Waals surface area contributed by atoms with Crippen molar-refractivity contribution in [3.8, 4) is 0 Å². The standard InChI is InChI=1S/C19H20N2O2S/c1-4-20(14-9-6-5-7-10-14)17-16(15-11-8-12-24-15)18(22)21(13(2)3)19(17)23/h5-13H,4H2,1-3H3. The van der Waals surface area contributed by atoms with Crippen LogP contribution in [0.1, 0.15) is 25.6 Å². The molecule has 2 heterocycles. The number of thiophene rings is 1. The first-order valence-electron chi connectivity index (χ1n) is 8.04. The van der Waals surface area contributed by atoms with Crippen molar-refractivity contribution in [1.29, 1.82) is 0 Å². The smallest absolute Gasteiger partial charge is 0.278 e. The number of benzene rings is 1. The van der Waals surface area contributed by atoms with Crippen molar-refractivity contribution in [2.24, 2.45) is 0 Å². The molecule has 0 saturated heterocycles. The summed E-state index contributed by atoms with van der Waals surface area (Å²) in [5.41, 5.74) is 1.90. The van der Waals surface area contributed by atoms with E-state index in [0.717, 1.165) is 10.6 Å². The van der Waals surface area contributed by atoms with Gasteiger partial charge in [0.2, 0.25) is 0 Å². The average Bonchev–Trinajstić information content (AvgIpc) is 3.16. The maximum absolute atomic E-state index is 13.0. The molecule has 4 nitrogen and oxygen atoms in total. The van der Waals surface area contributed by atoms with Crippen LogP contribution in [0, 0.1) is 0 Å². The number of rotatable bonds is 5. The fourth-order valence-corrected chi connectivity index (χ4v) is 3.74. The minimum Gasteiger partial charge on any atom is -0.337 e. The van der Waals surface area contributed by atoms with Crippen LogP contribution in [0.2, 0.25) is 0 Å². The number of nitrogens with zero attached hydrogens (tertiary/aromatic N) is 2. The molecule has 3 rings (SSSR count). The molecule has 1 aliphatic heterocycles. The quantitative estimate of drug-likeness (QED) is 0.778. The van der Waals surface area contributed by atoms with Crippen molar-refractivity contribution in [2.45, 2.75) is 26.8 Å². The van der Waals surface area contributed by atoms with Gasteiger partial charge in [0.1, 0.15) is 5.70 Å². The van der Waals surface area contributed by atoms with E-state index in [9.17, 15) is 9.59 Å². The Morgan fingerprint density at radius 3 is 2.29 bits per heavy atom. The minimum atomic E-state index is -0.218. The van der Waals surface area contributed by atoms with Crippen molar-refractivity contribution in [3.05, 3.63) is 58.4 Å². The van der Waals surface area contributed by atoms with Gasteiger partial charge in [-0.05, 0) is 44.4 Å². The van der Waals surface area contributed by atoms with Crippen LogP contribution in [0.25, 0.3) is 5.57 Å². The predicted molar refractivity (Wildman–Crippen MR) is 97.7 cm³/mol. The summed E-state index contributed by atoms with van der Waals surface area (Å²) in [6.07, 6.45) is 0. The van der Waals surface area contributed by atoms with Crippen molar-refractivity contribution in [3.63, 3.8) is 0 Å². The van der Waals surface area contributed by atoms with Crippen LogP contribution < -0.4 is 4.90 Å². The number of para-hydroxylation sites is 1. The fraction of sp³-hybridized carbons (Fsp3) is 0.263. The van der Waals surface area contributed by atoms with Crippen LogP contribution in [0.4, 0.5) is 5.69 Å². The van der Waals surface area contributed by atoms with E-state index in [-0.39, 0.29) is 17.9 Å². The van der Waals surface area contributed by atoms with Gasteiger partial charge >= 0.3 is 0 Å². The third-order valence-electron chi connectivity index (χ3n) is 4.03. The van der Waals surface area contributed by atoms with Crippen molar-refractivity contribution in [1.82, 2.24) is 4.90 Å². The van der Waals surface area contributed by atoms with Gasteiger partial charge in [0.15, 0.2) is 0 Å². The third-order valence-corrected chi connectivity index (χ3v) is 4.92. The molecule has 0 atom stereocenters. The fourth-order valence-electron chi connectivity index (χ4n) is 2.98. The first-order valence-corrected chi connectivity index (χ1v) is 8.92. The molecule has 0 radical (unpaired) electrons. The predicted octanol–water partition coefficient (Wildman–Crippen LogP) is 3.76. The summed E-state index contributed by atoms with van der Waals surface area (Å²) in [6.45, 7) is 6.33. The molecule has 0 saturated carbocycles. The van der Waals surface area contributed by atoms with Crippen LogP contribution in [-0.2, 0) is 9.59 Å². The van der Waals surface area contributed by atoms with Gasteiger partial charge in [-0.3, -0.25) is 14.5 Å². The molecule has 1 aliphatic rings. The van der Waals surface area contributed by atoms with E-state index >= 15 is 0 Å². The normalized spacial score (nSPS) is 14.9. The summed E-state index contributed by atoms with van der Waals surface area (Å²) in [6, 6.07) is 13.3. The number of carbonyl (C=O) groups excluding carboxylic acids is 2. The monoisotopic (exact) mass is 340 g/mol. The molecule has 2 aromatic rings. The Morgan fingerprint density at radius 1 is 1.04 bits per heavy atom. The highest BCUT2D eigenvalue weighted by atomic mass is 32.1. The Bertz CT molecular complexity index is 779. The summed E-state index contributed by atoms with van der Waals surface area (Å²) in [5.74, 6) is -0.425. The van der Waals surface area contributed by atoms with Gasteiger partial charge < -0.3 is 4.90 Å². The molecule has 0 aliphatic carbocycles. The molecule has 0 N–H and O–H groups in total. The van der Waals surface area contributed by atoms with Crippen LogP contribution in [0.3, 0.4) is 0 Å².